The molecule has 3 aliphatic carbocycles. The first-order chi connectivity index (χ1) is 13.1. The number of fused-ring (bicyclic) bond motifs is 5. The summed E-state index contributed by atoms with van der Waals surface area (Å²) in [6, 6.07) is 0. The Morgan fingerprint density at radius 1 is 0.852 bits per heavy atom. The van der Waals surface area contributed by atoms with Crippen molar-refractivity contribution in [2.45, 2.75) is 71.6 Å². The molecule has 4 rings (SSSR count). The van der Waals surface area contributed by atoms with Crippen LogP contribution in [0.15, 0.2) is 0 Å². The fraction of sp³-hybridized carbons (Fsp3) is 0.913. The van der Waals surface area contributed by atoms with Crippen molar-refractivity contribution >= 4 is 11.8 Å². The molecule has 4 aliphatic rings. The lowest BCUT2D eigenvalue weighted by Crippen LogP contribution is -2.43. The van der Waals surface area contributed by atoms with E-state index in [1.165, 1.54) is 64.5 Å². The highest BCUT2D eigenvalue weighted by Gasteiger charge is 2.61. The van der Waals surface area contributed by atoms with Gasteiger partial charge in [-0.05, 0) is 81.7 Å². The zero-order valence-corrected chi connectivity index (χ0v) is 17.4. The fourth-order valence-corrected chi connectivity index (χ4v) is 6.91. The summed E-state index contributed by atoms with van der Waals surface area (Å²) in [5.74, 6) is 2.67. The average Bonchev–Trinajstić information content (AvgIpc) is 3.33. The van der Waals surface area contributed by atoms with Crippen LogP contribution in [0.3, 0.4) is 0 Å². The second kappa shape index (κ2) is 8.23. The van der Waals surface area contributed by atoms with Gasteiger partial charge in [-0.2, -0.15) is 0 Å². The highest BCUT2D eigenvalue weighted by atomic mass is 16.2. The molecule has 0 N–H and O–H groups in total. The van der Waals surface area contributed by atoms with Crippen molar-refractivity contribution in [3.63, 3.8) is 0 Å². The largest absolute Gasteiger partial charge is 0.303 e. The smallest absolute Gasteiger partial charge is 0.233 e. The maximum absolute atomic E-state index is 13.1. The minimum atomic E-state index is 0.0509. The molecule has 0 aromatic carbocycles. The maximum atomic E-state index is 13.1. The molecule has 0 aromatic heterocycles. The van der Waals surface area contributed by atoms with Gasteiger partial charge in [0, 0.05) is 13.1 Å². The highest BCUT2D eigenvalue weighted by molar-refractivity contribution is 6.06. The number of rotatable bonds is 8. The lowest BCUT2D eigenvalue weighted by molar-refractivity contribution is -0.142. The van der Waals surface area contributed by atoms with E-state index in [0.717, 1.165) is 13.0 Å². The van der Waals surface area contributed by atoms with Crippen molar-refractivity contribution in [3.05, 3.63) is 0 Å². The third-order valence-corrected chi connectivity index (χ3v) is 8.07. The standard InChI is InChI=1S/C23H38N2O2/c1-3-11-24(12-4-2)14-18-7-5-6-8-19(18)15-25-22(26)20-16-9-10-17(13-16)21(20)23(25)27/h16-21H,3-15H2,1-2H3/t16-,17+,18-,19-,20+,21-/m0/s1. The Morgan fingerprint density at radius 2 is 1.41 bits per heavy atom. The minimum Gasteiger partial charge on any atom is -0.303 e. The monoisotopic (exact) mass is 374 g/mol. The summed E-state index contributed by atoms with van der Waals surface area (Å²) in [5.41, 5.74) is 0. The number of imide groups is 1. The van der Waals surface area contributed by atoms with Crippen LogP contribution in [0.25, 0.3) is 0 Å². The molecule has 152 valence electrons. The van der Waals surface area contributed by atoms with E-state index >= 15 is 0 Å². The Balaban J connectivity index is 1.42. The van der Waals surface area contributed by atoms with Gasteiger partial charge in [0.15, 0.2) is 0 Å². The summed E-state index contributed by atoms with van der Waals surface area (Å²) in [5, 5.41) is 0. The summed E-state index contributed by atoms with van der Waals surface area (Å²) >= 11 is 0. The van der Waals surface area contributed by atoms with Crippen LogP contribution in [0, 0.1) is 35.5 Å². The number of carbonyl (C=O) groups excluding carboxylic acids is 2. The SMILES string of the molecule is CCCN(CCC)C[C@@H]1CCCC[C@H]1CN1C(=O)[C@@H]2[C@H]3CC[C@H](C3)[C@@H]2C1=O. The second-order valence-electron chi connectivity index (χ2n) is 9.78. The molecular formula is C23H38N2O2. The predicted molar refractivity (Wildman–Crippen MR) is 107 cm³/mol. The van der Waals surface area contributed by atoms with Crippen LogP contribution in [0.2, 0.25) is 0 Å². The minimum absolute atomic E-state index is 0.0509. The van der Waals surface area contributed by atoms with Crippen LogP contribution in [0.5, 0.6) is 0 Å². The quantitative estimate of drug-likeness (QED) is 0.604. The maximum Gasteiger partial charge on any atom is 0.233 e. The molecule has 6 atom stereocenters. The zero-order valence-electron chi connectivity index (χ0n) is 17.4. The molecule has 4 nitrogen and oxygen atoms in total. The van der Waals surface area contributed by atoms with Crippen LogP contribution in [0.4, 0.5) is 0 Å². The zero-order chi connectivity index (χ0) is 19.0. The summed E-state index contributed by atoms with van der Waals surface area (Å²) in [6.45, 7) is 8.73. The van der Waals surface area contributed by atoms with Crippen LogP contribution in [-0.2, 0) is 9.59 Å². The Hall–Kier alpha value is -0.900. The number of carbonyl (C=O) groups is 2. The Morgan fingerprint density at radius 3 is 1.96 bits per heavy atom. The van der Waals surface area contributed by atoms with Crippen LogP contribution < -0.4 is 0 Å². The lowest BCUT2D eigenvalue weighted by atomic mass is 9.78. The summed E-state index contributed by atoms with van der Waals surface area (Å²) in [4.78, 5) is 30.5. The number of hydrogen-bond acceptors (Lipinski definition) is 3. The van der Waals surface area contributed by atoms with Crippen molar-refractivity contribution in [2.75, 3.05) is 26.2 Å². The topological polar surface area (TPSA) is 40.6 Å². The molecule has 2 bridgehead atoms. The molecule has 27 heavy (non-hydrogen) atoms. The van der Waals surface area contributed by atoms with E-state index in [-0.39, 0.29) is 23.7 Å². The van der Waals surface area contributed by atoms with Gasteiger partial charge in [-0.3, -0.25) is 14.5 Å². The van der Waals surface area contributed by atoms with Gasteiger partial charge in [0.05, 0.1) is 11.8 Å². The van der Waals surface area contributed by atoms with Crippen molar-refractivity contribution in [1.82, 2.24) is 9.80 Å². The summed E-state index contributed by atoms with van der Waals surface area (Å²) < 4.78 is 0. The number of nitrogens with zero attached hydrogens (tertiary/aromatic N) is 2. The Bertz CT molecular complexity index is 529. The van der Waals surface area contributed by atoms with Crippen molar-refractivity contribution in [3.8, 4) is 0 Å². The van der Waals surface area contributed by atoms with Gasteiger partial charge >= 0.3 is 0 Å². The van der Waals surface area contributed by atoms with Gasteiger partial charge in [-0.25, -0.2) is 0 Å². The Kier molecular flexibility index (Phi) is 5.92. The molecule has 1 aliphatic heterocycles. The summed E-state index contributed by atoms with van der Waals surface area (Å²) in [6.07, 6.45) is 10.9. The first-order valence-corrected chi connectivity index (χ1v) is 11.7. The van der Waals surface area contributed by atoms with E-state index in [0.29, 0.717) is 30.2 Å². The van der Waals surface area contributed by atoms with Gasteiger partial charge in [0.2, 0.25) is 11.8 Å². The second-order valence-corrected chi connectivity index (χ2v) is 9.78. The van der Waals surface area contributed by atoms with E-state index in [2.05, 4.69) is 18.7 Å². The number of amides is 2. The van der Waals surface area contributed by atoms with E-state index in [4.69, 9.17) is 0 Å². The van der Waals surface area contributed by atoms with Gasteiger partial charge in [-0.1, -0.05) is 26.7 Å². The molecule has 2 amide bonds. The normalized spacial score (nSPS) is 38.3. The molecule has 1 saturated heterocycles. The first kappa shape index (κ1) is 19.4. The molecular weight excluding hydrogens is 336 g/mol. The van der Waals surface area contributed by atoms with Crippen molar-refractivity contribution < 1.29 is 9.59 Å². The molecule has 4 heteroatoms. The fourth-order valence-electron chi connectivity index (χ4n) is 6.91. The van der Waals surface area contributed by atoms with Gasteiger partial charge < -0.3 is 4.90 Å². The predicted octanol–water partition coefficient (Wildman–Crippen LogP) is 3.95. The van der Waals surface area contributed by atoms with Crippen molar-refractivity contribution in [1.29, 1.82) is 0 Å². The van der Waals surface area contributed by atoms with E-state index < -0.39 is 0 Å². The molecule has 0 spiro atoms. The van der Waals surface area contributed by atoms with Gasteiger partial charge in [0.1, 0.15) is 0 Å². The molecule has 0 radical (unpaired) electrons. The van der Waals surface area contributed by atoms with Crippen LogP contribution >= 0.6 is 0 Å². The first-order valence-electron chi connectivity index (χ1n) is 11.7. The molecule has 1 heterocycles. The van der Waals surface area contributed by atoms with Gasteiger partial charge in [0.25, 0.3) is 0 Å². The van der Waals surface area contributed by atoms with Crippen LogP contribution in [-0.4, -0.2) is 47.8 Å². The molecule has 0 aromatic rings. The highest BCUT2D eigenvalue weighted by Crippen LogP contribution is 2.56. The van der Waals surface area contributed by atoms with E-state index in [9.17, 15) is 9.59 Å². The molecule has 4 fully saturated rings. The molecule has 0 unspecified atom stereocenters. The molecule has 3 saturated carbocycles. The average molecular weight is 375 g/mol. The number of likely N-dealkylation sites (tertiary alicyclic amines) is 1. The van der Waals surface area contributed by atoms with Crippen molar-refractivity contribution in [2.24, 2.45) is 35.5 Å². The third kappa shape index (κ3) is 3.59. The number of hydrogen-bond donors (Lipinski definition) is 0. The van der Waals surface area contributed by atoms with E-state index in [1.54, 1.807) is 4.90 Å². The van der Waals surface area contributed by atoms with E-state index in [1.807, 2.05) is 0 Å². The van der Waals surface area contributed by atoms with Gasteiger partial charge in [-0.15, -0.1) is 0 Å². The third-order valence-electron chi connectivity index (χ3n) is 8.07. The summed E-state index contributed by atoms with van der Waals surface area (Å²) in [7, 11) is 0. The Labute approximate surface area is 165 Å². The lowest BCUT2D eigenvalue weighted by Gasteiger charge is -2.37. The van der Waals surface area contributed by atoms with Crippen LogP contribution in [0.1, 0.15) is 71.6 Å².